The topological polar surface area (TPSA) is 31.2 Å². The lowest BCUT2D eigenvalue weighted by Crippen LogP contribution is -2.19. The van der Waals surface area contributed by atoms with E-state index in [4.69, 9.17) is 0 Å². The second-order valence-corrected chi connectivity index (χ2v) is 1.64. The van der Waals surface area contributed by atoms with Gasteiger partial charge in [-0.1, -0.05) is 0 Å². The van der Waals surface area contributed by atoms with Crippen LogP contribution in [0.1, 0.15) is 0 Å². The molecule has 0 aliphatic rings. The summed E-state index contributed by atoms with van der Waals surface area (Å²) in [6.45, 7) is -1.10. The summed E-state index contributed by atoms with van der Waals surface area (Å²) in [7, 11) is 0. The van der Waals surface area contributed by atoms with Gasteiger partial charge in [0.15, 0.2) is 6.67 Å². The number of nitrogens with zero attached hydrogens (tertiary/aromatic N) is 1. The van der Waals surface area contributed by atoms with Crippen LogP contribution < -0.4 is 4.84 Å². The minimum atomic E-state index is -1.10. The number of hydrogen-bond donors (Lipinski definition) is 0. The van der Waals surface area contributed by atoms with Crippen LogP contribution in [0.15, 0.2) is 24.5 Å². The highest BCUT2D eigenvalue weighted by atomic mass is 19.1. The molecule has 0 unspecified atom stereocenters. The second kappa shape index (κ2) is 3.00. The molecule has 1 rings (SSSR count). The quantitative estimate of drug-likeness (QED) is 0.600. The first-order chi connectivity index (χ1) is 4.83. The lowest BCUT2D eigenvalue weighted by atomic mass is 10.7. The van der Waals surface area contributed by atoms with E-state index in [9.17, 15) is 9.18 Å². The van der Waals surface area contributed by atoms with Crippen molar-refractivity contribution < 1.29 is 14.0 Å². The summed E-state index contributed by atoms with van der Waals surface area (Å²) in [5, 5.41) is 0. The molecule has 0 amide bonds. The predicted molar refractivity (Wildman–Crippen MR) is 32.0 cm³/mol. The maximum absolute atomic E-state index is 11.5. The van der Waals surface area contributed by atoms with Crippen molar-refractivity contribution in [3.05, 3.63) is 24.5 Å². The van der Waals surface area contributed by atoms with Gasteiger partial charge in [0.1, 0.15) is 0 Å². The molecule has 0 radical (unpaired) electrons. The van der Waals surface area contributed by atoms with Gasteiger partial charge in [0.25, 0.3) is 0 Å². The second-order valence-electron chi connectivity index (χ2n) is 1.64. The van der Waals surface area contributed by atoms with Crippen LogP contribution in [-0.4, -0.2) is 17.4 Å². The zero-order chi connectivity index (χ0) is 7.40. The van der Waals surface area contributed by atoms with Crippen molar-refractivity contribution in [3.63, 3.8) is 0 Å². The van der Waals surface area contributed by atoms with Crippen molar-refractivity contribution in [1.82, 2.24) is 4.73 Å². The Morgan fingerprint density at radius 1 is 1.50 bits per heavy atom. The molecular formula is C6H6FNO2. The van der Waals surface area contributed by atoms with E-state index in [1.165, 1.54) is 12.4 Å². The van der Waals surface area contributed by atoms with Crippen LogP contribution in [0.4, 0.5) is 4.39 Å². The van der Waals surface area contributed by atoms with Gasteiger partial charge in [-0.15, -0.1) is 0 Å². The largest absolute Gasteiger partial charge is 0.363 e. The maximum atomic E-state index is 11.5. The normalized spacial score (nSPS) is 9.30. The first kappa shape index (κ1) is 6.80. The Kier molecular flexibility index (Phi) is 2.04. The third-order valence-electron chi connectivity index (χ3n) is 0.893. The average Bonchev–Trinajstić information content (AvgIpc) is 2.40. The van der Waals surface area contributed by atoms with E-state index in [1.54, 1.807) is 12.1 Å². The van der Waals surface area contributed by atoms with Gasteiger partial charge in [-0.2, -0.15) is 4.73 Å². The lowest BCUT2D eigenvalue weighted by molar-refractivity contribution is -0.145. The van der Waals surface area contributed by atoms with Gasteiger partial charge in [0, 0.05) is 12.4 Å². The molecule has 0 saturated carbocycles. The van der Waals surface area contributed by atoms with E-state index in [2.05, 4.69) is 4.84 Å². The maximum Gasteiger partial charge on any atom is 0.363 e. The Balaban J connectivity index is 2.48. The molecule has 1 aromatic heterocycles. The summed E-state index contributed by atoms with van der Waals surface area (Å²) in [5.74, 6) is -0.892. The highest BCUT2D eigenvalue weighted by molar-refractivity contribution is 5.70. The van der Waals surface area contributed by atoms with E-state index < -0.39 is 12.6 Å². The average molecular weight is 143 g/mol. The molecule has 0 saturated heterocycles. The molecule has 0 spiro atoms. The van der Waals surface area contributed by atoms with Crippen molar-refractivity contribution in [2.45, 2.75) is 0 Å². The number of alkyl halides is 1. The molecule has 1 heterocycles. The molecule has 0 aromatic carbocycles. The van der Waals surface area contributed by atoms with Gasteiger partial charge >= 0.3 is 5.97 Å². The number of carbonyl (C=O) groups excluding carboxylic acids is 1. The third-order valence-corrected chi connectivity index (χ3v) is 0.893. The van der Waals surface area contributed by atoms with Crippen molar-refractivity contribution >= 4 is 5.97 Å². The van der Waals surface area contributed by atoms with Crippen LogP contribution in [-0.2, 0) is 4.79 Å². The van der Waals surface area contributed by atoms with Crippen LogP contribution in [0.5, 0.6) is 0 Å². The van der Waals surface area contributed by atoms with Gasteiger partial charge in [0.05, 0.1) is 0 Å². The molecule has 0 bridgehead atoms. The van der Waals surface area contributed by atoms with Crippen LogP contribution in [0.2, 0.25) is 0 Å². The van der Waals surface area contributed by atoms with Crippen molar-refractivity contribution in [1.29, 1.82) is 0 Å². The Bertz CT molecular complexity index is 208. The summed E-state index contributed by atoms with van der Waals surface area (Å²) in [6, 6.07) is 3.34. The Hall–Kier alpha value is -1.32. The monoisotopic (exact) mass is 143 g/mol. The molecule has 3 nitrogen and oxygen atoms in total. The Labute approximate surface area is 57.0 Å². The third kappa shape index (κ3) is 1.58. The molecule has 0 atom stereocenters. The lowest BCUT2D eigenvalue weighted by Gasteiger charge is -1.98. The summed E-state index contributed by atoms with van der Waals surface area (Å²) in [4.78, 5) is 14.7. The molecule has 4 heteroatoms. The van der Waals surface area contributed by atoms with Crippen molar-refractivity contribution in [2.24, 2.45) is 0 Å². The fraction of sp³-hybridized carbons (Fsp3) is 0.167. The molecule has 0 N–H and O–H groups in total. The summed E-state index contributed by atoms with van der Waals surface area (Å²) in [6.07, 6.45) is 3.01. The number of aromatic nitrogens is 1. The van der Waals surface area contributed by atoms with Crippen LogP contribution in [0.25, 0.3) is 0 Å². The van der Waals surface area contributed by atoms with E-state index >= 15 is 0 Å². The zero-order valence-corrected chi connectivity index (χ0v) is 5.16. The highest BCUT2D eigenvalue weighted by Gasteiger charge is 1.99. The predicted octanol–water partition coefficient (Wildman–Crippen LogP) is 0.413. The van der Waals surface area contributed by atoms with Crippen LogP contribution in [0, 0.1) is 0 Å². The Morgan fingerprint density at radius 2 is 2.10 bits per heavy atom. The number of rotatable bonds is 2. The Morgan fingerprint density at radius 3 is 2.60 bits per heavy atom. The molecule has 0 aliphatic carbocycles. The van der Waals surface area contributed by atoms with E-state index in [0.29, 0.717) is 0 Å². The zero-order valence-electron chi connectivity index (χ0n) is 5.16. The number of hydrogen-bond acceptors (Lipinski definition) is 2. The van der Waals surface area contributed by atoms with Crippen LogP contribution >= 0.6 is 0 Å². The van der Waals surface area contributed by atoms with Gasteiger partial charge in [-0.05, 0) is 12.1 Å². The molecule has 0 fully saturated rings. The first-order valence-electron chi connectivity index (χ1n) is 2.73. The van der Waals surface area contributed by atoms with E-state index in [-0.39, 0.29) is 0 Å². The smallest absolute Gasteiger partial charge is 0.334 e. The fourth-order valence-electron chi connectivity index (χ4n) is 0.522. The minimum Gasteiger partial charge on any atom is -0.334 e. The molecular weight excluding hydrogens is 137 g/mol. The highest BCUT2D eigenvalue weighted by Crippen LogP contribution is 1.85. The molecule has 54 valence electrons. The minimum absolute atomic E-state index is 0.892. The fourth-order valence-corrected chi connectivity index (χ4v) is 0.522. The molecule has 10 heavy (non-hydrogen) atoms. The standard InChI is InChI=1S/C6H6FNO2/c7-5-6(9)10-8-3-1-2-4-8/h1-4H,5H2. The summed E-state index contributed by atoms with van der Waals surface area (Å²) >= 11 is 0. The number of halogens is 1. The van der Waals surface area contributed by atoms with Gasteiger partial charge in [-0.3, -0.25) is 0 Å². The summed E-state index contributed by atoms with van der Waals surface area (Å²) in [5.41, 5.74) is 0. The van der Waals surface area contributed by atoms with Crippen molar-refractivity contribution in [2.75, 3.05) is 6.67 Å². The SMILES string of the molecule is O=C(CF)On1cccc1. The van der Waals surface area contributed by atoms with E-state index in [0.717, 1.165) is 4.73 Å². The van der Waals surface area contributed by atoms with Gasteiger partial charge in [-0.25, -0.2) is 9.18 Å². The van der Waals surface area contributed by atoms with Gasteiger partial charge in [0.2, 0.25) is 0 Å². The van der Waals surface area contributed by atoms with Crippen LogP contribution in [0.3, 0.4) is 0 Å². The summed E-state index contributed by atoms with van der Waals surface area (Å²) < 4.78 is 12.6. The molecule has 0 aliphatic heterocycles. The van der Waals surface area contributed by atoms with E-state index in [1.807, 2.05) is 0 Å². The molecule has 1 aromatic rings. The van der Waals surface area contributed by atoms with Crippen molar-refractivity contribution in [3.8, 4) is 0 Å². The van der Waals surface area contributed by atoms with Gasteiger partial charge < -0.3 is 4.84 Å². The number of carbonyl (C=O) groups is 1. The first-order valence-corrected chi connectivity index (χ1v) is 2.73.